The number of rotatable bonds is 6. The molecule has 0 unspecified atom stereocenters. The fourth-order valence-corrected chi connectivity index (χ4v) is 4.28. The third-order valence-electron chi connectivity index (χ3n) is 4.51. The first kappa shape index (κ1) is 18.1. The zero-order chi connectivity index (χ0) is 18.2. The van der Waals surface area contributed by atoms with Gasteiger partial charge in [0.15, 0.2) is 0 Å². The molecule has 2 aromatic heterocycles. The lowest BCUT2D eigenvalue weighted by Crippen LogP contribution is -2.26. The van der Waals surface area contributed by atoms with Gasteiger partial charge < -0.3 is 4.57 Å². The van der Waals surface area contributed by atoms with Crippen molar-refractivity contribution >= 4 is 9.84 Å². The Bertz CT molecular complexity index is 840. The molecular weight excluding hydrogens is 342 g/mol. The number of likely N-dealkylation sites (tertiary alicyclic amines) is 1. The molecule has 0 saturated carbocycles. The minimum atomic E-state index is -3.36. The van der Waals surface area contributed by atoms with Crippen LogP contribution in [0.5, 0.6) is 0 Å². The average Bonchev–Trinajstić information content (AvgIpc) is 3.19. The zero-order valence-corrected chi connectivity index (χ0v) is 16.0. The summed E-state index contributed by atoms with van der Waals surface area (Å²) in [5, 5.41) is 8.09. The van der Waals surface area contributed by atoms with Crippen LogP contribution in [0.15, 0.2) is 16.0 Å². The van der Waals surface area contributed by atoms with Gasteiger partial charge in [-0.1, -0.05) is 24.2 Å². The Morgan fingerprint density at radius 3 is 2.72 bits per heavy atom. The third kappa shape index (κ3) is 3.77. The van der Waals surface area contributed by atoms with Crippen LogP contribution >= 0.6 is 0 Å². The van der Waals surface area contributed by atoms with E-state index in [1.807, 2.05) is 11.5 Å². The maximum atomic E-state index is 12.1. The maximum Gasteiger partial charge on any atom is 0.227 e. The first-order chi connectivity index (χ1) is 11.8. The molecule has 0 radical (unpaired) electrons. The summed E-state index contributed by atoms with van der Waals surface area (Å²) in [6, 6.07) is 0.148. The highest BCUT2D eigenvalue weighted by molar-refractivity contribution is 7.90. The topological polar surface area (TPSA) is 94.1 Å². The van der Waals surface area contributed by atoms with Gasteiger partial charge in [-0.2, -0.15) is 0 Å². The van der Waals surface area contributed by atoms with Gasteiger partial charge in [-0.3, -0.25) is 4.90 Å². The summed E-state index contributed by atoms with van der Waals surface area (Å²) in [7, 11) is -3.36. The number of aromatic nitrogens is 4. The molecule has 0 bridgehead atoms. The molecular formula is C16H25N5O3S. The number of nitrogens with zero attached hydrogens (tertiary/aromatic N) is 5. The van der Waals surface area contributed by atoms with Crippen LogP contribution in [0, 0.1) is 12.8 Å². The Morgan fingerprint density at radius 2 is 2.12 bits per heavy atom. The van der Waals surface area contributed by atoms with Gasteiger partial charge >= 0.3 is 0 Å². The number of aryl methyl sites for hydroxylation is 1. The first-order valence-corrected chi connectivity index (χ1v) is 10.4. The Morgan fingerprint density at radius 1 is 1.36 bits per heavy atom. The summed E-state index contributed by atoms with van der Waals surface area (Å²) >= 11 is 0. The van der Waals surface area contributed by atoms with E-state index in [0.29, 0.717) is 19.0 Å². The summed E-state index contributed by atoms with van der Waals surface area (Å²) in [6.45, 7) is 8.22. The van der Waals surface area contributed by atoms with E-state index < -0.39 is 9.84 Å². The van der Waals surface area contributed by atoms with E-state index in [4.69, 9.17) is 4.63 Å². The fourth-order valence-electron chi connectivity index (χ4n) is 3.45. The van der Waals surface area contributed by atoms with E-state index in [1.54, 1.807) is 6.20 Å². The molecule has 1 atom stereocenters. The molecule has 8 nitrogen and oxygen atoms in total. The van der Waals surface area contributed by atoms with Gasteiger partial charge in [-0.05, 0) is 32.2 Å². The van der Waals surface area contributed by atoms with Crippen LogP contribution in [0.2, 0.25) is 0 Å². The van der Waals surface area contributed by atoms with Crippen LogP contribution in [0.1, 0.15) is 49.8 Å². The summed E-state index contributed by atoms with van der Waals surface area (Å²) in [4.78, 5) is 6.49. The third-order valence-corrected chi connectivity index (χ3v) is 5.50. The summed E-state index contributed by atoms with van der Waals surface area (Å²) in [5.41, 5.74) is 2.59. The van der Waals surface area contributed by atoms with E-state index in [1.165, 1.54) is 6.26 Å². The molecule has 3 rings (SSSR count). The van der Waals surface area contributed by atoms with E-state index >= 15 is 0 Å². The van der Waals surface area contributed by atoms with Crippen LogP contribution in [0.3, 0.4) is 0 Å². The fraction of sp³-hybridized carbons (Fsp3) is 0.688. The molecule has 9 heteroatoms. The normalized spacial score (nSPS) is 19.2. The molecule has 1 saturated heterocycles. The van der Waals surface area contributed by atoms with Gasteiger partial charge in [0.2, 0.25) is 15.0 Å². The number of imidazole rings is 1. The van der Waals surface area contributed by atoms with Crippen LogP contribution in [0.25, 0.3) is 0 Å². The van der Waals surface area contributed by atoms with Crippen molar-refractivity contribution in [3.8, 4) is 0 Å². The second kappa shape index (κ2) is 6.87. The van der Waals surface area contributed by atoms with Gasteiger partial charge in [0.05, 0.1) is 17.9 Å². The predicted octanol–water partition coefficient (Wildman–Crippen LogP) is 1.97. The molecule has 0 N–H and O–H groups in total. The summed E-state index contributed by atoms with van der Waals surface area (Å²) in [5.74, 6) is 0.324. The lowest BCUT2D eigenvalue weighted by molar-refractivity contribution is 0.224. The van der Waals surface area contributed by atoms with Gasteiger partial charge in [-0.25, -0.2) is 18.0 Å². The van der Waals surface area contributed by atoms with Crippen molar-refractivity contribution in [2.75, 3.05) is 12.8 Å². The molecule has 0 aromatic carbocycles. The highest BCUT2D eigenvalue weighted by Gasteiger charge is 2.31. The van der Waals surface area contributed by atoms with Crippen molar-refractivity contribution in [3.63, 3.8) is 0 Å². The molecule has 1 aliphatic rings. The second-order valence-electron chi connectivity index (χ2n) is 7.17. The van der Waals surface area contributed by atoms with Crippen LogP contribution in [-0.4, -0.2) is 46.0 Å². The van der Waals surface area contributed by atoms with Crippen LogP contribution in [0.4, 0.5) is 0 Å². The Kier molecular flexibility index (Phi) is 4.97. The maximum absolute atomic E-state index is 12.1. The van der Waals surface area contributed by atoms with Crippen LogP contribution < -0.4 is 0 Å². The molecule has 1 fully saturated rings. The Labute approximate surface area is 148 Å². The molecule has 2 aromatic rings. The smallest absolute Gasteiger partial charge is 0.227 e. The van der Waals surface area contributed by atoms with Gasteiger partial charge in [-0.15, -0.1) is 0 Å². The quantitative estimate of drug-likeness (QED) is 0.770. The van der Waals surface area contributed by atoms with Gasteiger partial charge in [0.25, 0.3) is 0 Å². The van der Waals surface area contributed by atoms with Crippen molar-refractivity contribution in [2.45, 2.75) is 57.9 Å². The lowest BCUT2D eigenvalue weighted by Gasteiger charge is -2.24. The molecule has 0 aliphatic carbocycles. The SMILES string of the molecule is Cc1nonc1[C@@H]1CCCN1Cc1cnc(S(C)(=O)=O)n1CC(C)C. The van der Waals surface area contributed by atoms with Crippen LogP contribution in [-0.2, 0) is 22.9 Å². The van der Waals surface area contributed by atoms with E-state index in [9.17, 15) is 8.42 Å². The van der Waals surface area contributed by atoms with Gasteiger partial charge in [0, 0.05) is 19.3 Å². The molecule has 1 aliphatic heterocycles. The molecule has 0 amide bonds. The Hall–Kier alpha value is -1.74. The molecule has 3 heterocycles. The Balaban J connectivity index is 1.89. The largest absolute Gasteiger partial charge is 0.317 e. The van der Waals surface area contributed by atoms with Crippen molar-refractivity contribution in [1.29, 1.82) is 0 Å². The first-order valence-electron chi connectivity index (χ1n) is 8.55. The van der Waals surface area contributed by atoms with Crippen molar-refractivity contribution in [1.82, 2.24) is 24.8 Å². The second-order valence-corrected chi connectivity index (χ2v) is 9.08. The predicted molar refractivity (Wildman–Crippen MR) is 91.6 cm³/mol. The summed E-state index contributed by atoms with van der Waals surface area (Å²) < 4.78 is 30.8. The van der Waals surface area contributed by atoms with Crippen molar-refractivity contribution in [3.05, 3.63) is 23.3 Å². The minimum Gasteiger partial charge on any atom is -0.317 e. The minimum absolute atomic E-state index is 0.145. The average molecular weight is 367 g/mol. The van der Waals surface area contributed by atoms with Crippen molar-refractivity contribution in [2.24, 2.45) is 5.92 Å². The van der Waals surface area contributed by atoms with Crippen molar-refractivity contribution < 1.29 is 13.0 Å². The monoisotopic (exact) mass is 367 g/mol. The molecule has 0 spiro atoms. The summed E-state index contributed by atoms with van der Waals surface area (Å²) in [6.07, 6.45) is 4.95. The highest BCUT2D eigenvalue weighted by atomic mass is 32.2. The number of sulfone groups is 1. The number of hydrogen-bond donors (Lipinski definition) is 0. The van der Waals surface area contributed by atoms with Gasteiger partial charge in [0.1, 0.15) is 11.4 Å². The van der Waals surface area contributed by atoms with E-state index in [0.717, 1.165) is 36.5 Å². The highest BCUT2D eigenvalue weighted by Crippen LogP contribution is 2.33. The lowest BCUT2D eigenvalue weighted by atomic mass is 10.1. The molecule has 138 valence electrons. The van der Waals surface area contributed by atoms with E-state index in [2.05, 4.69) is 34.0 Å². The molecule has 25 heavy (non-hydrogen) atoms. The number of hydrogen-bond acceptors (Lipinski definition) is 7. The zero-order valence-electron chi connectivity index (χ0n) is 15.1. The van der Waals surface area contributed by atoms with E-state index in [-0.39, 0.29) is 11.2 Å². The standard InChI is InChI=1S/C16H25N5O3S/c1-11(2)9-21-13(8-17-16(21)25(4,22)23)10-20-7-5-6-14(20)15-12(3)18-24-19-15/h8,11,14H,5-7,9-10H2,1-4H3/t14-/m0/s1.